The smallest absolute Gasteiger partial charge is 0.223 e. The minimum atomic E-state index is -0.0643. The van der Waals surface area contributed by atoms with Gasteiger partial charge in [-0.25, -0.2) is 0 Å². The topological polar surface area (TPSA) is 58.4 Å². The lowest BCUT2D eigenvalue weighted by Crippen LogP contribution is -2.41. The van der Waals surface area contributed by atoms with E-state index < -0.39 is 0 Å². The number of aliphatic hydroxyl groups excluding tert-OH is 1. The number of nitrogens with zero attached hydrogens (tertiary/aromatic N) is 3. The van der Waals surface area contributed by atoms with E-state index in [2.05, 4.69) is 5.10 Å². The van der Waals surface area contributed by atoms with Crippen molar-refractivity contribution >= 4 is 5.91 Å². The average molecular weight is 277 g/mol. The molecule has 1 saturated carbocycles. The van der Waals surface area contributed by atoms with E-state index in [-0.39, 0.29) is 18.6 Å². The molecule has 0 unspecified atom stereocenters. The van der Waals surface area contributed by atoms with Crippen LogP contribution in [0.15, 0.2) is 12.3 Å². The van der Waals surface area contributed by atoms with E-state index in [9.17, 15) is 9.90 Å². The SMILES string of the molecule is O=C(CC1CCCC1)N1Cc2ccnn2CC[C@@H]1CO. The van der Waals surface area contributed by atoms with Gasteiger partial charge in [-0.2, -0.15) is 5.10 Å². The van der Waals surface area contributed by atoms with Crippen LogP contribution in [0.5, 0.6) is 0 Å². The van der Waals surface area contributed by atoms with E-state index in [0.29, 0.717) is 18.9 Å². The molecule has 0 bridgehead atoms. The summed E-state index contributed by atoms with van der Waals surface area (Å²) in [7, 11) is 0. The average Bonchev–Trinajstić information content (AvgIpc) is 3.07. The molecule has 1 aliphatic carbocycles. The summed E-state index contributed by atoms with van der Waals surface area (Å²) in [4.78, 5) is 14.5. The van der Waals surface area contributed by atoms with Crippen LogP contribution in [0, 0.1) is 5.92 Å². The Bertz CT molecular complexity index is 465. The Hall–Kier alpha value is -1.36. The first kappa shape index (κ1) is 13.6. The third-order valence-electron chi connectivity index (χ3n) is 4.72. The third kappa shape index (κ3) is 2.73. The van der Waals surface area contributed by atoms with Crippen LogP contribution in [0.1, 0.15) is 44.2 Å². The minimum absolute atomic E-state index is 0.0429. The van der Waals surface area contributed by atoms with Gasteiger partial charge in [0.05, 0.1) is 24.9 Å². The number of hydrogen-bond acceptors (Lipinski definition) is 3. The van der Waals surface area contributed by atoms with Crippen molar-refractivity contribution in [2.45, 2.75) is 57.7 Å². The van der Waals surface area contributed by atoms with Crippen LogP contribution in [-0.2, 0) is 17.9 Å². The fourth-order valence-corrected chi connectivity index (χ4v) is 3.49. The number of carbonyl (C=O) groups excluding carboxylic acids is 1. The second-order valence-electron chi connectivity index (χ2n) is 6.05. The highest BCUT2D eigenvalue weighted by Crippen LogP contribution is 2.29. The molecule has 1 fully saturated rings. The molecule has 0 aromatic carbocycles. The highest BCUT2D eigenvalue weighted by molar-refractivity contribution is 5.76. The van der Waals surface area contributed by atoms with Crippen molar-refractivity contribution in [2.75, 3.05) is 6.61 Å². The largest absolute Gasteiger partial charge is 0.394 e. The Kier molecular flexibility index (Phi) is 4.05. The Morgan fingerprint density at radius 2 is 2.15 bits per heavy atom. The zero-order valence-electron chi connectivity index (χ0n) is 11.9. The fraction of sp³-hybridized carbons (Fsp3) is 0.733. The maximum atomic E-state index is 12.6. The first-order valence-electron chi connectivity index (χ1n) is 7.69. The van der Waals surface area contributed by atoms with Crippen LogP contribution >= 0.6 is 0 Å². The number of carbonyl (C=O) groups is 1. The Balaban J connectivity index is 1.72. The van der Waals surface area contributed by atoms with E-state index in [1.54, 1.807) is 6.20 Å². The predicted molar refractivity (Wildman–Crippen MR) is 74.8 cm³/mol. The molecule has 5 nitrogen and oxygen atoms in total. The molecule has 1 aromatic rings. The van der Waals surface area contributed by atoms with Crippen LogP contribution in [0.2, 0.25) is 0 Å². The molecule has 0 spiro atoms. The van der Waals surface area contributed by atoms with Gasteiger partial charge in [0.2, 0.25) is 5.91 Å². The van der Waals surface area contributed by atoms with Crippen LogP contribution in [0.3, 0.4) is 0 Å². The summed E-state index contributed by atoms with van der Waals surface area (Å²) in [5.41, 5.74) is 1.07. The highest BCUT2D eigenvalue weighted by atomic mass is 16.3. The second-order valence-corrected chi connectivity index (χ2v) is 6.05. The van der Waals surface area contributed by atoms with Gasteiger partial charge >= 0.3 is 0 Å². The van der Waals surface area contributed by atoms with Crippen LogP contribution in [0.25, 0.3) is 0 Å². The van der Waals surface area contributed by atoms with Crippen molar-refractivity contribution in [1.29, 1.82) is 0 Å². The molecule has 2 aliphatic rings. The van der Waals surface area contributed by atoms with Crippen LogP contribution < -0.4 is 0 Å². The second kappa shape index (κ2) is 5.95. The zero-order chi connectivity index (χ0) is 13.9. The van der Waals surface area contributed by atoms with E-state index in [1.165, 1.54) is 25.7 Å². The summed E-state index contributed by atoms with van der Waals surface area (Å²) in [6.07, 6.45) is 8.09. The van der Waals surface area contributed by atoms with Gasteiger partial charge in [0, 0.05) is 19.2 Å². The van der Waals surface area contributed by atoms with E-state index in [1.807, 2.05) is 15.6 Å². The minimum Gasteiger partial charge on any atom is -0.394 e. The number of aryl methyl sites for hydroxylation is 1. The summed E-state index contributed by atoms with van der Waals surface area (Å²) in [5.74, 6) is 0.751. The van der Waals surface area contributed by atoms with E-state index in [0.717, 1.165) is 18.7 Å². The summed E-state index contributed by atoms with van der Waals surface area (Å²) < 4.78 is 1.95. The molecule has 1 aromatic heterocycles. The van der Waals surface area contributed by atoms with Gasteiger partial charge in [0.1, 0.15) is 0 Å². The molecule has 1 aliphatic heterocycles. The van der Waals surface area contributed by atoms with Gasteiger partial charge in [-0.3, -0.25) is 9.48 Å². The van der Waals surface area contributed by atoms with Crippen LogP contribution in [-0.4, -0.2) is 38.3 Å². The van der Waals surface area contributed by atoms with Crippen molar-refractivity contribution in [1.82, 2.24) is 14.7 Å². The first-order valence-corrected chi connectivity index (χ1v) is 7.69. The maximum absolute atomic E-state index is 12.6. The van der Waals surface area contributed by atoms with Crippen molar-refractivity contribution < 1.29 is 9.90 Å². The number of amides is 1. The summed E-state index contributed by atoms with van der Waals surface area (Å²) in [5, 5.41) is 13.9. The highest BCUT2D eigenvalue weighted by Gasteiger charge is 2.29. The van der Waals surface area contributed by atoms with Crippen molar-refractivity contribution in [3.05, 3.63) is 18.0 Å². The molecule has 0 radical (unpaired) electrons. The van der Waals surface area contributed by atoms with Gasteiger partial charge in [-0.1, -0.05) is 12.8 Å². The number of rotatable bonds is 3. The number of aliphatic hydroxyl groups is 1. The lowest BCUT2D eigenvalue weighted by molar-refractivity contribution is -0.136. The molecule has 1 amide bonds. The van der Waals surface area contributed by atoms with Gasteiger partial charge in [-0.15, -0.1) is 0 Å². The lowest BCUT2D eigenvalue weighted by Gasteiger charge is -2.29. The van der Waals surface area contributed by atoms with Gasteiger partial charge in [0.25, 0.3) is 0 Å². The first-order chi connectivity index (χ1) is 9.78. The molecule has 3 rings (SSSR count). The summed E-state index contributed by atoms with van der Waals surface area (Å²) >= 11 is 0. The Labute approximate surface area is 119 Å². The molecule has 0 saturated heterocycles. The fourth-order valence-electron chi connectivity index (χ4n) is 3.49. The third-order valence-corrected chi connectivity index (χ3v) is 4.72. The maximum Gasteiger partial charge on any atom is 0.223 e. The molecule has 110 valence electrons. The van der Waals surface area contributed by atoms with Gasteiger partial charge in [-0.05, 0) is 31.2 Å². The van der Waals surface area contributed by atoms with E-state index in [4.69, 9.17) is 0 Å². The molecular formula is C15H23N3O2. The predicted octanol–water partition coefficient (Wildman–Crippen LogP) is 1.56. The zero-order valence-corrected chi connectivity index (χ0v) is 11.9. The normalized spacial score (nSPS) is 23.6. The van der Waals surface area contributed by atoms with E-state index >= 15 is 0 Å². The summed E-state index contributed by atoms with van der Waals surface area (Å²) in [6, 6.07) is 1.90. The lowest BCUT2D eigenvalue weighted by atomic mass is 10.0. The summed E-state index contributed by atoms with van der Waals surface area (Å²) in [6.45, 7) is 1.40. The monoisotopic (exact) mass is 277 g/mol. The number of aromatic nitrogens is 2. The van der Waals surface area contributed by atoms with Crippen molar-refractivity contribution in [3.8, 4) is 0 Å². The number of fused-ring (bicyclic) bond motifs is 1. The standard InChI is InChI=1S/C15H23N3O2/c19-11-14-6-8-18-13(5-7-16-18)10-17(14)15(20)9-12-3-1-2-4-12/h5,7,12,14,19H,1-4,6,8-11H2/t14-/m1/s1. The van der Waals surface area contributed by atoms with Crippen LogP contribution in [0.4, 0.5) is 0 Å². The quantitative estimate of drug-likeness (QED) is 0.912. The Morgan fingerprint density at radius 3 is 2.90 bits per heavy atom. The van der Waals surface area contributed by atoms with Crippen molar-refractivity contribution in [3.63, 3.8) is 0 Å². The molecule has 1 N–H and O–H groups in total. The Morgan fingerprint density at radius 1 is 1.35 bits per heavy atom. The molecule has 20 heavy (non-hydrogen) atoms. The molecule has 1 atom stereocenters. The number of hydrogen-bond donors (Lipinski definition) is 1. The molecule has 2 heterocycles. The van der Waals surface area contributed by atoms with Gasteiger partial charge in [0.15, 0.2) is 0 Å². The molecule has 5 heteroatoms. The van der Waals surface area contributed by atoms with Crippen molar-refractivity contribution in [2.24, 2.45) is 5.92 Å². The van der Waals surface area contributed by atoms with Gasteiger partial charge < -0.3 is 10.0 Å². The molecular weight excluding hydrogens is 254 g/mol.